The average molecular weight is 1200 g/mol. The summed E-state index contributed by atoms with van der Waals surface area (Å²) in [5, 5.41) is 13.1. The van der Waals surface area contributed by atoms with Gasteiger partial charge in [0.15, 0.2) is 16.3 Å². The van der Waals surface area contributed by atoms with E-state index in [-0.39, 0.29) is 40.6 Å². The number of methoxy groups -OCH3 is 1. The number of nitrogens with zero attached hydrogens (tertiary/aromatic N) is 3. The maximum atomic E-state index is 15.5. The number of carbonyl (C=O) groups excluding carboxylic acids is 3. The number of carbonyl (C=O) groups is 3. The van der Waals surface area contributed by atoms with Crippen molar-refractivity contribution in [3.63, 3.8) is 0 Å². The van der Waals surface area contributed by atoms with Crippen LogP contribution in [0.2, 0.25) is 0 Å². The van der Waals surface area contributed by atoms with Gasteiger partial charge >= 0.3 is 5.97 Å². The lowest BCUT2D eigenvalue weighted by molar-refractivity contribution is -0.153. The molecule has 2 unspecified atom stereocenters. The van der Waals surface area contributed by atoms with E-state index in [1.165, 1.54) is 39.3 Å². The number of thiazole rings is 1. The first-order valence-electron chi connectivity index (χ1n) is 27.2. The molecule has 17 heteroatoms. The summed E-state index contributed by atoms with van der Waals surface area (Å²) in [7, 11) is -0.304. The van der Waals surface area contributed by atoms with Crippen molar-refractivity contribution >= 4 is 83.9 Å². The van der Waals surface area contributed by atoms with Crippen LogP contribution in [0.5, 0.6) is 5.75 Å². The van der Waals surface area contributed by atoms with Crippen molar-refractivity contribution in [2.24, 2.45) is 5.16 Å². The molecule has 0 spiro atoms. The number of ether oxygens (including phenoxy) is 2. The molecule has 0 aliphatic carbocycles. The van der Waals surface area contributed by atoms with Crippen LogP contribution in [0, 0.1) is 0 Å². The molecule has 1 saturated heterocycles. The third-order valence-corrected chi connectivity index (χ3v) is 19.7. The van der Waals surface area contributed by atoms with Crippen LogP contribution in [0.15, 0.2) is 267 Å². The summed E-state index contributed by atoms with van der Waals surface area (Å²) >= 11 is 3.97. The second kappa shape index (κ2) is 24.9. The number of esters is 1. The SMILES string of the molecule is COc1ccc(COC(=O)C2=C(CSc3cc(=O)c4ccccc4s3)CS(=O)[C@@H]3C(NC(=O)/C(=N\OC(c4ccccc4)(c4ccccc4)c4ccccc4)c4csc(NC(c5ccccc5)(c5ccccc5)c5ccccc5)n4)C(=O)N23)cc1. The second-order valence-electron chi connectivity index (χ2n) is 20.0. The second-order valence-corrected chi connectivity index (χ2v) is 24.7. The van der Waals surface area contributed by atoms with Crippen LogP contribution in [-0.2, 0) is 52.5 Å². The van der Waals surface area contributed by atoms with Gasteiger partial charge in [0.25, 0.3) is 11.8 Å². The molecule has 2 aromatic heterocycles. The van der Waals surface area contributed by atoms with E-state index in [0.717, 1.165) is 21.4 Å². The van der Waals surface area contributed by atoms with Gasteiger partial charge in [-0.3, -0.25) is 23.5 Å². The Morgan fingerprint density at radius 3 is 1.75 bits per heavy atom. The van der Waals surface area contributed by atoms with Crippen LogP contribution in [0.3, 0.4) is 0 Å². The largest absolute Gasteiger partial charge is 0.497 e. The number of oxime groups is 1. The highest BCUT2D eigenvalue weighted by atomic mass is 32.2. The van der Waals surface area contributed by atoms with E-state index in [1.807, 2.05) is 164 Å². The lowest BCUT2D eigenvalue weighted by Crippen LogP contribution is -2.74. The summed E-state index contributed by atoms with van der Waals surface area (Å²) < 4.78 is 27.4. The molecule has 0 bridgehead atoms. The molecule has 3 atom stereocenters. The number of thioether (sulfide) groups is 1. The fraction of sp³-hybridized carbons (Fsp3) is 0.118. The first-order chi connectivity index (χ1) is 41.6. The topological polar surface area (TPSA) is 166 Å². The van der Waals surface area contributed by atoms with E-state index in [9.17, 15) is 18.6 Å². The Morgan fingerprint density at radius 2 is 1.21 bits per heavy atom. The molecule has 13 nitrogen and oxygen atoms in total. The monoisotopic (exact) mass is 1200 g/mol. The van der Waals surface area contributed by atoms with Crippen molar-refractivity contribution in [2.75, 3.05) is 23.9 Å². The van der Waals surface area contributed by atoms with Crippen molar-refractivity contribution in [3.05, 3.63) is 308 Å². The molecule has 10 aromatic rings. The number of hydrogen-bond donors (Lipinski definition) is 2. The standard InChI is InChI=1S/C68H53N5O8S4/c1-79-53-38-36-45(37-39-53)41-80-65(77)61-46(42-82-58-40-56(74)54-34-20-21-35-57(54)84-58)44-85(78)64-60(63(76)73(61)64)70-62(75)59(72-81-68(50-28-14-5-15-29-50,51-30-16-6-17-31-51)52-32-18-7-19-33-52)55-43-83-66(69-55)71-67(47-22-8-2-9-23-47,48-24-10-3-11-25-48)49-26-12-4-13-27-49/h2-40,43,60,64H,41-42,44H2,1H3,(H,69,71)(H,70,75)/b72-59-/t60?,64-,85?/m1/s1. The molecule has 2 aliphatic heterocycles. The summed E-state index contributed by atoms with van der Waals surface area (Å²) in [6.45, 7) is -0.140. The average Bonchev–Trinajstić information content (AvgIpc) is 1.25. The van der Waals surface area contributed by atoms with Crippen LogP contribution in [0.4, 0.5) is 5.13 Å². The Morgan fingerprint density at radius 1 is 0.694 bits per heavy atom. The first-order valence-corrected chi connectivity index (χ1v) is 31.2. The quantitative estimate of drug-likeness (QED) is 0.0186. The van der Waals surface area contributed by atoms with E-state index >= 15 is 4.79 Å². The molecule has 12 rings (SSSR count). The highest BCUT2D eigenvalue weighted by Gasteiger charge is 2.58. The van der Waals surface area contributed by atoms with E-state index in [2.05, 4.69) is 47.0 Å². The number of benzene rings is 8. The molecule has 85 heavy (non-hydrogen) atoms. The summed E-state index contributed by atoms with van der Waals surface area (Å²) in [6.07, 6.45) is 0. The van der Waals surface area contributed by atoms with Gasteiger partial charge in [-0.25, -0.2) is 9.78 Å². The minimum atomic E-state index is -1.86. The summed E-state index contributed by atoms with van der Waals surface area (Å²) in [5.74, 6) is -1.75. The minimum absolute atomic E-state index is 0.0706. The van der Waals surface area contributed by atoms with Crippen molar-refractivity contribution < 1.29 is 32.9 Å². The number of rotatable bonds is 20. The maximum absolute atomic E-state index is 15.5. The van der Waals surface area contributed by atoms with Gasteiger partial charge in [0.2, 0.25) is 5.60 Å². The van der Waals surface area contributed by atoms with Gasteiger partial charge in [0, 0.05) is 44.0 Å². The summed E-state index contributed by atoms with van der Waals surface area (Å²) in [4.78, 5) is 71.5. The van der Waals surface area contributed by atoms with Crippen molar-refractivity contribution in [1.29, 1.82) is 0 Å². The third-order valence-electron chi connectivity index (χ3n) is 14.9. The van der Waals surface area contributed by atoms with Crippen molar-refractivity contribution in [3.8, 4) is 5.75 Å². The Bertz CT molecular complexity index is 4000. The van der Waals surface area contributed by atoms with Crippen LogP contribution < -0.4 is 20.8 Å². The van der Waals surface area contributed by atoms with E-state index in [0.29, 0.717) is 48.3 Å². The van der Waals surface area contributed by atoms with Gasteiger partial charge in [0.1, 0.15) is 40.7 Å². The molecule has 8 aromatic carbocycles. The van der Waals surface area contributed by atoms with E-state index in [1.54, 1.807) is 48.9 Å². The van der Waals surface area contributed by atoms with Crippen molar-refractivity contribution in [1.82, 2.24) is 15.2 Å². The lowest BCUT2D eigenvalue weighted by Gasteiger charge is -2.49. The maximum Gasteiger partial charge on any atom is 0.355 e. The number of β-lactam (4-membered cyclic amide) rings is 1. The normalized spacial score (nSPS) is 16.0. The fourth-order valence-electron chi connectivity index (χ4n) is 10.8. The Kier molecular flexibility index (Phi) is 16.5. The first kappa shape index (κ1) is 56.2. The number of amides is 2. The van der Waals surface area contributed by atoms with Gasteiger partial charge in [-0.05, 0) is 52.1 Å². The Hall–Kier alpha value is -9.26. The Balaban J connectivity index is 0.929. The number of anilines is 1. The van der Waals surface area contributed by atoms with E-state index in [4.69, 9.17) is 24.5 Å². The molecule has 0 radical (unpaired) electrons. The van der Waals surface area contributed by atoms with Gasteiger partial charge in [-0.2, -0.15) is 0 Å². The Labute approximate surface area is 505 Å². The molecule has 0 saturated carbocycles. The van der Waals surface area contributed by atoms with Gasteiger partial charge in [-0.1, -0.05) is 211 Å². The number of nitrogens with one attached hydrogen (secondary N) is 2. The molecule has 4 heterocycles. The molecule has 1 fully saturated rings. The number of fused-ring (bicyclic) bond motifs is 2. The zero-order valence-corrected chi connectivity index (χ0v) is 48.9. The van der Waals surface area contributed by atoms with E-state index < -0.39 is 51.1 Å². The smallest absolute Gasteiger partial charge is 0.355 e. The van der Waals surface area contributed by atoms with Crippen LogP contribution >= 0.6 is 34.4 Å². The highest BCUT2D eigenvalue weighted by Crippen LogP contribution is 2.44. The van der Waals surface area contributed by atoms with Crippen LogP contribution in [0.25, 0.3) is 10.1 Å². The zero-order valence-electron chi connectivity index (χ0n) is 45.6. The molecule has 2 aliphatic rings. The predicted octanol–water partition coefficient (Wildman–Crippen LogP) is 12.0. The van der Waals surface area contributed by atoms with Crippen LogP contribution in [-0.4, -0.2) is 67.6 Å². The molecule has 2 amide bonds. The molecule has 422 valence electrons. The summed E-state index contributed by atoms with van der Waals surface area (Å²) in [5.41, 5.74) is 3.14. The zero-order chi connectivity index (χ0) is 58.3. The minimum Gasteiger partial charge on any atom is -0.497 e. The van der Waals surface area contributed by atoms with Gasteiger partial charge < -0.3 is 24.9 Å². The summed E-state index contributed by atoms with van der Waals surface area (Å²) in [6, 6.07) is 73.3. The molecular weight excluding hydrogens is 1140 g/mol. The predicted molar refractivity (Wildman–Crippen MR) is 336 cm³/mol. The third kappa shape index (κ3) is 11.2. The molecule has 2 N–H and O–H groups in total. The van der Waals surface area contributed by atoms with Crippen molar-refractivity contribution in [2.45, 2.75) is 33.4 Å². The molecular formula is C68H53N5O8S4. The number of hydrogen-bond acceptors (Lipinski definition) is 14. The fourth-order valence-corrected chi connectivity index (χ4v) is 15.6. The van der Waals surface area contributed by atoms with Crippen LogP contribution in [0.1, 0.15) is 44.6 Å². The van der Waals surface area contributed by atoms with Gasteiger partial charge in [0.05, 0.1) is 27.9 Å². The van der Waals surface area contributed by atoms with Gasteiger partial charge in [-0.15, -0.1) is 34.4 Å². The highest BCUT2D eigenvalue weighted by molar-refractivity contribution is 8.01. The number of aromatic nitrogens is 1. The lowest BCUT2D eigenvalue weighted by atomic mass is 9.77.